The number of amides is 1. The molecule has 1 amide bonds. The van der Waals surface area contributed by atoms with E-state index in [0.29, 0.717) is 17.1 Å². The fourth-order valence-corrected chi connectivity index (χ4v) is 1.79. The molecule has 0 bridgehead atoms. The Morgan fingerprint density at radius 3 is 2.58 bits per heavy atom. The van der Waals surface area contributed by atoms with E-state index >= 15 is 0 Å². The first-order valence-corrected chi connectivity index (χ1v) is 5.76. The van der Waals surface area contributed by atoms with Crippen molar-refractivity contribution in [3.05, 3.63) is 58.5 Å². The Bertz CT molecular complexity index is 620. The van der Waals surface area contributed by atoms with Gasteiger partial charge in [-0.2, -0.15) is 0 Å². The Morgan fingerprint density at radius 2 is 2.00 bits per heavy atom. The van der Waals surface area contributed by atoms with Gasteiger partial charge in [-0.25, -0.2) is 8.78 Å². The predicted molar refractivity (Wildman–Crippen MR) is 65.7 cm³/mol. The van der Waals surface area contributed by atoms with Gasteiger partial charge in [-0.15, -0.1) is 0 Å². The summed E-state index contributed by atoms with van der Waals surface area (Å²) in [6.07, 6.45) is 0. The molecule has 0 aliphatic rings. The maximum atomic E-state index is 13.4. The van der Waals surface area contributed by atoms with Crippen LogP contribution in [-0.4, -0.2) is 5.91 Å². The summed E-state index contributed by atoms with van der Waals surface area (Å²) in [4.78, 5) is 11.9. The van der Waals surface area contributed by atoms with Crippen molar-refractivity contribution in [3.8, 4) is 0 Å². The maximum absolute atomic E-state index is 13.4. The van der Waals surface area contributed by atoms with Crippen LogP contribution in [0.15, 0.2) is 28.7 Å². The molecule has 1 N–H and O–H groups in total. The number of benzene rings is 1. The molecular formula is C14H13F2NO2. The summed E-state index contributed by atoms with van der Waals surface area (Å²) < 4.78 is 31.3. The predicted octanol–water partition coefficient (Wildman–Crippen LogP) is 3.10. The lowest BCUT2D eigenvalue weighted by molar-refractivity contribution is 0.0949. The van der Waals surface area contributed by atoms with Crippen molar-refractivity contribution in [3.63, 3.8) is 0 Å². The Hall–Kier alpha value is -2.17. The van der Waals surface area contributed by atoms with Crippen molar-refractivity contribution >= 4 is 5.91 Å². The van der Waals surface area contributed by atoms with Crippen molar-refractivity contribution in [2.75, 3.05) is 0 Å². The highest BCUT2D eigenvalue weighted by Crippen LogP contribution is 2.14. The van der Waals surface area contributed by atoms with Crippen LogP contribution in [0.25, 0.3) is 0 Å². The number of rotatable bonds is 3. The van der Waals surface area contributed by atoms with Gasteiger partial charge in [0, 0.05) is 18.2 Å². The molecule has 0 aliphatic carbocycles. The Kier molecular flexibility index (Phi) is 3.64. The summed E-state index contributed by atoms with van der Waals surface area (Å²) in [5.41, 5.74) is 0.646. The highest BCUT2D eigenvalue weighted by Gasteiger charge is 2.13. The first-order chi connectivity index (χ1) is 8.97. The number of carbonyl (C=O) groups excluding carboxylic acids is 1. The Morgan fingerprint density at radius 1 is 1.26 bits per heavy atom. The van der Waals surface area contributed by atoms with E-state index in [0.717, 1.165) is 12.1 Å². The van der Waals surface area contributed by atoms with E-state index in [1.165, 1.54) is 6.07 Å². The fourth-order valence-electron chi connectivity index (χ4n) is 1.79. The summed E-state index contributed by atoms with van der Waals surface area (Å²) >= 11 is 0. The van der Waals surface area contributed by atoms with E-state index < -0.39 is 11.6 Å². The van der Waals surface area contributed by atoms with Crippen LogP contribution in [0.2, 0.25) is 0 Å². The van der Waals surface area contributed by atoms with Gasteiger partial charge in [0.05, 0.1) is 5.56 Å². The minimum atomic E-state index is -0.680. The molecule has 5 heteroatoms. The summed E-state index contributed by atoms with van der Waals surface area (Å²) in [6.45, 7) is 3.42. The monoisotopic (exact) mass is 265 g/mol. The molecule has 2 aromatic rings. The van der Waals surface area contributed by atoms with Gasteiger partial charge in [0.15, 0.2) is 0 Å². The molecule has 0 atom stereocenters. The highest BCUT2D eigenvalue weighted by atomic mass is 19.1. The van der Waals surface area contributed by atoms with Crippen LogP contribution in [0.1, 0.15) is 27.4 Å². The number of hydrogen-bond acceptors (Lipinski definition) is 2. The minimum Gasteiger partial charge on any atom is -0.466 e. The van der Waals surface area contributed by atoms with Crippen molar-refractivity contribution in [1.29, 1.82) is 0 Å². The lowest BCUT2D eigenvalue weighted by Gasteiger charge is -2.05. The molecule has 0 aliphatic heterocycles. The van der Waals surface area contributed by atoms with Crippen LogP contribution in [0.4, 0.5) is 8.78 Å². The van der Waals surface area contributed by atoms with Crippen molar-refractivity contribution in [1.82, 2.24) is 5.32 Å². The topological polar surface area (TPSA) is 42.2 Å². The third kappa shape index (κ3) is 2.99. The Balaban J connectivity index is 2.06. The van der Waals surface area contributed by atoms with Crippen LogP contribution in [-0.2, 0) is 6.54 Å². The third-order valence-electron chi connectivity index (χ3n) is 2.74. The van der Waals surface area contributed by atoms with Gasteiger partial charge in [-0.1, -0.05) is 6.07 Å². The minimum absolute atomic E-state index is 0.00534. The van der Waals surface area contributed by atoms with Crippen LogP contribution < -0.4 is 5.32 Å². The second-order valence-electron chi connectivity index (χ2n) is 4.25. The van der Waals surface area contributed by atoms with Gasteiger partial charge in [-0.3, -0.25) is 4.79 Å². The van der Waals surface area contributed by atoms with E-state index in [1.54, 1.807) is 19.9 Å². The molecule has 0 saturated heterocycles. The SMILES string of the molecule is Cc1cc(C(=O)NCc2ccc(F)cc2F)c(C)o1. The van der Waals surface area contributed by atoms with E-state index in [4.69, 9.17) is 4.42 Å². The molecule has 0 unspecified atom stereocenters. The van der Waals surface area contributed by atoms with Crippen molar-refractivity contribution in [2.45, 2.75) is 20.4 Å². The zero-order valence-corrected chi connectivity index (χ0v) is 10.6. The fraction of sp³-hybridized carbons (Fsp3) is 0.214. The van der Waals surface area contributed by atoms with Crippen LogP contribution >= 0.6 is 0 Å². The molecule has 100 valence electrons. The van der Waals surface area contributed by atoms with Gasteiger partial charge < -0.3 is 9.73 Å². The van der Waals surface area contributed by atoms with Gasteiger partial charge in [0.1, 0.15) is 23.2 Å². The Labute approximate surface area is 109 Å². The lowest BCUT2D eigenvalue weighted by atomic mass is 10.2. The van der Waals surface area contributed by atoms with Gasteiger partial charge in [-0.05, 0) is 26.0 Å². The molecule has 0 fully saturated rings. The average molecular weight is 265 g/mol. The van der Waals surface area contributed by atoms with E-state index in [9.17, 15) is 13.6 Å². The number of carbonyl (C=O) groups is 1. The third-order valence-corrected chi connectivity index (χ3v) is 2.74. The molecule has 0 spiro atoms. The molecule has 19 heavy (non-hydrogen) atoms. The second-order valence-corrected chi connectivity index (χ2v) is 4.25. The highest BCUT2D eigenvalue weighted by molar-refractivity contribution is 5.95. The summed E-state index contributed by atoms with van der Waals surface area (Å²) in [6, 6.07) is 4.86. The zero-order valence-electron chi connectivity index (χ0n) is 10.6. The smallest absolute Gasteiger partial charge is 0.255 e. The van der Waals surface area contributed by atoms with Gasteiger partial charge in [0.25, 0.3) is 5.91 Å². The number of hydrogen-bond donors (Lipinski definition) is 1. The molecule has 2 rings (SSSR count). The molecule has 1 heterocycles. The molecule has 1 aromatic carbocycles. The first-order valence-electron chi connectivity index (χ1n) is 5.76. The van der Waals surface area contributed by atoms with E-state index in [2.05, 4.69) is 5.32 Å². The van der Waals surface area contributed by atoms with E-state index in [-0.39, 0.29) is 18.0 Å². The quantitative estimate of drug-likeness (QED) is 0.926. The van der Waals surface area contributed by atoms with Crippen molar-refractivity contribution in [2.24, 2.45) is 0 Å². The number of aryl methyl sites for hydroxylation is 2. The molecule has 3 nitrogen and oxygen atoms in total. The van der Waals surface area contributed by atoms with Crippen molar-refractivity contribution < 1.29 is 18.0 Å². The average Bonchev–Trinajstić information content (AvgIpc) is 2.67. The largest absolute Gasteiger partial charge is 0.466 e. The normalized spacial score (nSPS) is 10.5. The number of nitrogens with one attached hydrogen (secondary N) is 1. The molecular weight excluding hydrogens is 252 g/mol. The lowest BCUT2D eigenvalue weighted by Crippen LogP contribution is -2.23. The summed E-state index contributed by atoms with van der Waals surface area (Å²) in [7, 11) is 0. The molecule has 1 aromatic heterocycles. The standard InChI is InChI=1S/C14H13F2NO2/c1-8-5-12(9(2)19-8)14(18)17-7-10-3-4-11(15)6-13(10)16/h3-6H,7H2,1-2H3,(H,17,18). The summed E-state index contributed by atoms with van der Waals surface area (Å²) in [5, 5.41) is 2.57. The van der Waals surface area contributed by atoms with Crippen LogP contribution in [0.3, 0.4) is 0 Å². The molecule has 0 radical (unpaired) electrons. The zero-order chi connectivity index (χ0) is 14.0. The van der Waals surface area contributed by atoms with E-state index in [1.807, 2.05) is 0 Å². The first kappa shape index (κ1) is 13.3. The van der Waals surface area contributed by atoms with Gasteiger partial charge >= 0.3 is 0 Å². The van der Waals surface area contributed by atoms with Crippen LogP contribution in [0.5, 0.6) is 0 Å². The number of furan rings is 1. The second kappa shape index (κ2) is 5.22. The maximum Gasteiger partial charge on any atom is 0.255 e. The number of halogens is 2. The van der Waals surface area contributed by atoms with Crippen LogP contribution in [0, 0.1) is 25.5 Å². The van der Waals surface area contributed by atoms with Gasteiger partial charge in [0.2, 0.25) is 0 Å². The summed E-state index contributed by atoms with van der Waals surface area (Å²) in [5.74, 6) is -0.530. The molecule has 0 saturated carbocycles.